The molecule has 1 aliphatic rings. The van der Waals surface area contributed by atoms with Gasteiger partial charge < -0.3 is 15.0 Å². The van der Waals surface area contributed by atoms with Gasteiger partial charge in [0.1, 0.15) is 12.4 Å². The number of rotatable bonds is 7. The van der Waals surface area contributed by atoms with Gasteiger partial charge in [0.2, 0.25) is 0 Å². The van der Waals surface area contributed by atoms with Crippen molar-refractivity contribution in [2.24, 2.45) is 0 Å². The molecule has 4 heteroatoms. The molecule has 0 aliphatic carbocycles. The zero-order valence-corrected chi connectivity index (χ0v) is 12.8. The zero-order chi connectivity index (χ0) is 14.2. The lowest BCUT2D eigenvalue weighted by atomic mass is 10.2. The van der Waals surface area contributed by atoms with Crippen molar-refractivity contribution in [1.29, 1.82) is 0 Å². The number of likely N-dealkylation sites (N-methyl/N-ethyl adjacent to an activating group) is 1. The van der Waals surface area contributed by atoms with Gasteiger partial charge in [-0.25, -0.2) is 0 Å². The summed E-state index contributed by atoms with van der Waals surface area (Å²) in [7, 11) is 2.17. The van der Waals surface area contributed by atoms with Gasteiger partial charge in [-0.05, 0) is 26.1 Å². The minimum absolute atomic E-state index is 0.751. The Morgan fingerprint density at radius 1 is 1.15 bits per heavy atom. The molecule has 4 nitrogen and oxygen atoms in total. The Morgan fingerprint density at radius 3 is 2.55 bits per heavy atom. The number of nitrogens with zero attached hydrogens (tertiary/aromatic N) is 2. The number of benzene rings is 1. The molecule has 112 valence electrons. The lowest BCUT2D eigenvalue weighted by Crippen LogP contribution is -2.46. The highest BCUT2D eigenvalue weighted by Crippen LogP contribution is 2.11. The van der Waals surface area contributed by atoms with Crippen molar-refractivity contribution < 1.29 is 4.74 Å². The van der Waals surface area contributed by atoms with Gasteiger partial charge in [0.25, 0.3) is 0 Å². The number of hydrogen-bond donors (Lipinski definition) is 1. The summed E-state index contributed by atoms with van der Waals surface area (Å²) < 4.78 is 5.76. The molecule has 1 fully saturated rings. The average molecular weight is 277 g/mol. The minimum atomic E-state index is 0.751. The molecule has 0 amide bonds. The van der Waals surface area contributed by atoms with Gasteiger partial charge in [0, 0.05) is 45.8 Å². The van der Waals surface area contributed by atoms with Crippen LogP contribution in [0.3, 0.4) is 0 Å². The normalized spacial score (nSPS) is 16.6. The first-order chi connectivity index (χ1) is 9.74. The Morgan fingerprint density at radius 2 is 1.85 bits per heavy atom. The fourth-order valence-corrected chi connectivity index (χ4v) is 2.31. The lowest BCUT2D eigenvalue weighted by molar-refractivity contribution is 0.187. The van der Waals surface area contributed by atoms with Crippen LogP contribution >= 0.6 is 0 Å². The van der Waals surface area contributed by atoms with Gasteiger partial charge in [-0.2, -0.15) is 0 Å². The molecule has 1 heterocycles. The maximum atomic E-state index is 5.76. The monoisotopic (exact) mass is 277 g/mol. The van der Waals surface area contributed by atoms with Gasteiger partial charge in [-0.1, -0.05) is 17.7 Å². The summed E-state index contributed by atoms with van der Waals surface area (Å²) in [6.07, 6.45) is 0. The van der Waals surface area contributed by atoms with Crippen LogP contribution in [-0.2, 0) is 0 Å². The first kappa shape index (κ1) is 15.3. The zero-order valence-electron chi connectivity index (χ0n) is 12.8. The van der Waals surface area contributed by atoms with E-state index >= 15 is 0 Å². The third-order valence-corrected chi connectivity index (χ3v) is 3.77. The van der Waals surface area contributed by atoms with Gasteiger partial charge in [-0.3, -0.25) is 4.90 Å². The number of hydrogen-bond acceptors (Lipinski definition) is 4. The van der Waals surface area contributed by atoms with Crippen molar-refractivity contribution in [2.45, 2.75) is 6.92 Å². The lowest BCUT2D eigenvalue weighted by Gasteiger charge is -2.29. The quantitative estimate of drug-likeness (QED) is 0.811. The molecular weight excluding hydrogens is 250 g/mol. The van der Waals surface area contributed by atoms with E-state index in [1.54, 1.807) is 0 Å². The molecule has 1 aliphatic heterocycles. The second kappa shape index (κ2) is 8.25. The maximum absolute atomic E-state index is 5.76. The molecule has 1 aromatic carbocycles. The summed E-state index contributed by atoms with van der Waals surface area (Å²) in [6, 6.07) is 8.25. The van der Waals surface area contributed by atoms with E-state index in [0.717, 1.165) is 45.1 Å². The molecule has 0 aromatic heterocycles. The van der Waals surface area contributed by atoms with Crippen molar-refractivity contribution in [1.82, 2.24) is 15.1 Å². The molecule has 1 N–H and O–H groups in total. The topological polar surface area (TPSA) is 27.7 Å². The Bertz CT molecular complexity index is 374. The van der Waals surface area contributed by atoms with E-state index in [-0.39, 0.29) is 0 Å². The van der Waals surface area contributed by atoms with E-state index in [1.807, 2.05) is 12.1 Å². The molecule has 2 rings (SSSR count). The summed E-state index contributed by atoms with van der Waals surface area (Å²) in [4.78, 5) is 4.87. The number of ether oxygens (including phenoxy) is 1. The number of aryl methyl sites for hydroxylation is 1. The summed E-state index contributed by atoms with van der Waals surface area (Å²) in [5.74, 6) is 0.964. The van der Waals surface area contributed by atoms with E-state index in [4.69, 9.17) is 4.74 Å². The number of nitrogens with one attached hydrogen (secondary N) is 1. The standard InChI is InChI=1S/C16H27N3O/c1-15-3-5-16(6-4-15)20-14-13-18(2)11-12-19-9-7-17-8-10-19/h3-6,17H,7-14H2,1-2H3. The van der Waals surface area contributed by atoms with Crippen molar-refractivity contribution in [2.75, 3.05) is 59.5 Å². The summed E-state index contributed by atoms with van der Waals surface area (Å²) in [5, 5.41) is 3.38. The molecule has 1 saturated heterocycles. The Labute approximate surface area is 122 Å². The van der Waals surface area contributed by atoms with Crippen LogP contribution in [0.1, 0.15) is 5.56 Å². The minimum Gasteiger partial charge on any atom is -0.492 e. The average Bonchev–Trinajstić information content (AvgIpc) is 2.48. The van der Waals surface area contributed by atoms with Gasteiger partial charge in [0.15, 0.2) is 0 Å². The smallest absolute Gasteiger partial charge is 0.119 e. The van der Waals surface area contributed by atoms with Crippen LogP contribution < -0.4 is 10.1 Å². The molecule has 0 spiro atoms. The van der Waals surface area contributed by atoms with Crippen LogP contribution in [0.4, 0.5) is 0 Å². The highest BCUT2D eigenvalue weighted by atomic mass is 16.5. The summed E-state index contributed by atoms with van der Waals surface area (Å²) in [5.41, 5.74) is 1.27. The summed E-state index contributed by atoms with van der Waals surface area (Å²) >= 11 is 0. The third-order valence-electron chi connectivity index (χ3n) is 3.77. The third kappa shape index (κ3) is 5.49. The van der Waals surface area contributed by atoms with Crippen LogP contribution in [0.25, 0.3) is 0 Å². The molecule has 0 radical (unpaired) electrons. The molecule has 0 bridgehead atoms. The Kier molecular flexibility index (Phi) is 6.30. The van der Waals surface area contributed by atoms with Crippen molar-refractivity contribution in [3.63, 3.8) is 0 Å². The Hall–Kier alpha value is -1.10. The molecule has 0 saturated carbocycles. The fourth-order valence-electron chi connectivity index (χ4n) is 2.31. The van der Waals surface area contributed by atoms with Crippen LogP contribution in [-0.4, -0.2) is 69.3 Å². The first-order valence-electron chi connectivity index (χ1n) is 7.55. The largest absolute Gasteiger partial charge is 0.492 e. The molecular formula is C16H27N3O. The second-order valence-electron chi connectivity index (χ2n) is 5.56. The van der Waals surface area contributed by atoms with E-state index < -0.39 is 0 Å². The van der Waals surface area contributed by atoms with Crippen molar-refractivity contribution >= 4 is 0 Å². The van der Waals surface area contributed by atoms with E-state index in [2.05, 4.69) is 41.2 Å². The van der Waals surface area contributed by atoms with Crippen molar-refractivity contribution in [3.8, 4) is 5.75 Å². The predicted octanol–water partition coefficient (Wildman–Crippen LogP) is 1.21. The maximum Gasteiger partial charge on any atom is 0.119 e. The van der Waals surface area contributed by atoms with Crippen LogP contribution in [0.2, 0.25) is 0 Å². The van der Waals surface area contributed by atoms with Gasteiger partial charge in [0.05, 0.1) is 0 Å². The fraction of sp³-hybridized carbons (Fsp3) is 0.625. The van der Waals surface area contributed by atoms with Gasteiger partial charge in [-0.15, -0.1) is 0 Å². The Balaban J connectivity index is 1.57. The van der Waals surface area contributed by atoms with Crippen LogP contribution in [0.15, 0.2) is 24.3 Å². The molecule has 0 atom stereocenters. The van der Waals surface area contributed by atoms with E-state index in [1.165, 1.54) is 18.7 Å². The highest BCUT2D eigenvalue weighted by Gasteiger charge is 2.09. The van der Waals surface area contributed by atoms with E-state index in [9.17, 15) is 0 Å². The molecule has 1 aromatic rings. The van der Waals surface area contributed by atoms with Gasteiger partial charge >= 0.3 is 0 Å². The predicted molar refractivity (Wildman–Crippen MR) is 83.5 cm³/mol. The van der Waals surface area contributed by atoms with Crippen molar-refractivity contribution in [3.05, 3.63) is 29.8 Å². The highest BCUT2D eigenvalue weighted by molar-refractivity contribution is 5.26. The van der Waals surface area contributed by atoms with E-state index in [0.29, 0.717) is 0 Å². The molecule has 20 heavy (non-hydrogen) atoms. The summed E-state index contributed by atoms with van der Waals surface area (Å²) in [6.45, 7) is 10.7. The number of piperazine rings is 1. The SMILES string of the molecule is Cc1ccc(OCCN(C)CCN2CCNCC2)cc1. The van der Waals surface area contributed by atoms with Crippen LogP contribution in [0.5, 0.6) is 5.75 Å². The molecule has 0 unspecified atom stereocenters. The first-order valence-corrected chi connectivity index (χ1v) is 7.55. The second-order valence-corrected chi connectivity index (χ2v) is 5.56. The van der Waals surface area contributed by atoms with Crippen LogP contribution in [0, 0.1) is 6.92 Å².